The van der Waals surface area contributed by atoms with Gasteiger partial charge in [-0.3, -0.25) is 0 Å². The number of nitrogens with zero attached hydrogens (tertiary/aromatic N) is 4. The van der Waals surface area contributed by atoms with Gasteiger partial charge in [0.2, 0.25) is 0 Å². The van der Waals surface area contributed by atoms with Crippen molar-refractivity contribution in [2.24, 2.45) is 5.73 Å². The second-order valence-electron chi connectivity index (χ2n) is 3.59. The molecule has 0 fully saturated rings. The van der Waals surface area contributed by atoms with E-state index in [9.17, 15) is 4.79 Å². The number of rotatable bonds is 3. The number of aromatic carboxylic acids is 1. The molecule has 7 heteroatoms. The van der Waals surface area contributed by atoms with Crippen LogP contribution < -0.4 is 5.73 Å². The van der Waals surface area contributed by atoms with Crippen LogP contribution in [-0.4, -0.2) is 31.3 Å². The number of carbonyl (C=O) groups is 1. The molecule has 1 heterocycles. The number of aromatic nitrogens is 4. The van der Waals surface area contributed by atoms with Crippen LogP contribution in [0.1, 0.15) is 29.1 Å². The minimum Gasteiger partial charge on any atom is -0.478 e. The first-order chi connectivity index (χ1) is 8.09. The largest absolute Gasteiger partial charge is 0.478 e. The van der Waals surface area contributed by atoms with Crippen molar-refractivity contribution >= 4 is 5.97 Å². The number of carboxylic acid groups (broad SMARTS) is 1. The molecule has 17 heavy (non-hydrogen) atoms. The highest BCUT2D eigenvalue weighted by Gasteiger charge is 2.12. The summed E-state index contributed by atoms with van der Waals surface area (Å²) in [6.45, 7) is 1.77. The van der Waals surface area contributed by atoms with E-state index in [0.29, 0.717) is 11.5 Å². The lowest BCUT2D eigenvalue weighted by Gasteiger charge is -2.06. The summed E-state index contributed by atoms with van der Waals surface area (Å²) in [5.41, 5.74) is 6.60. The molecule has 0 saturated heterocycles. The van der Waals surface area contributed by atoms with E-state index in [1.54, 1.807) is 19.1 Å². The Kier molecular flexibility index (Phi) is 2.84. The van der Waals surface area contributed by atoms with Gasteiger partial charge in [0.15, 0.2) is 5.82 Å². The molecule has 1 unspecified atom stereocenters. The molecule has 0 spiro atoms. The molecule has 0 amide bonds. The van der Waals surface area contributed by atoms with Gasteiger partial charge in [0.05, 0.1) is 17.3 Å². The van der Waals surface area contributed by atoms with Gasteiger partial charge in [-0.1, -0.05) is 0 Å². The predicted octanol–water partition coefficient (Wildman–Crippen LogP) is 0.380. The van der Waals surface area contributed by atoms with Gasteiger partial charge in [-0.05, 0) is 41.6 Å². The maximum atomic E-state index is 10.7. The number of nitrogens with two attached hydrogens (primary N) is 1. The van der Waals surface area contributed by atoms with Crippen LogP contribution >= 0.6 is 0 Å². The molecule has 2 aromatic rings. The lowest BCUT2D eigenvalue weighted by molar-refractivity contribution is 0.0697. The molecule has 1 atom stereocenters. The van der Waals surface area contributed by atoms with Crippen molar-refractivity contribution in [2.75, 3.05) is 0 Å². The molecule has 3 N–H and O–H groups in total. The van der Waals surface area contributed by atoms with Gasteiger partial charge < -0.3 is 10.8 Å². The lowest BCUT2D eigenvalue weighted by Crippen LogP contribution is -2.13. The summed E-state index contributed by atoms with van der Waals surface area (Å²) in [6.07, 6.45) is 0. The molecule has 0 aliphatic carbocycles. The van der Waals surface area contributed by atoms with E-state index in [4.69, 9.17) is 10.8 Å². The number of hydrogen-bond donors (Lipinski definition) is 2. The van der Waals surface area contributed by atoms with Gasteiger partial charge in [-0.2, -0.15) is 4.68 Å². The molecule has 0 aliphatic rings. The maximum absolute atomic E-state index is 10.7. The van der Waals surface area contributed by atoms with Gasteiger partial charge in [0.1, 0.15) is 0 Å². The van der Waals surface area contributed by atoms with Crippen LogP contribution in [-0.2, 0) is 0 Å². The minimum absolute atomic E-state index is 0.212. The average Bonchev–Trinajstić information content (AvgIpc) is 2.78. The van der Waals surface area contributed by atoms with Crippen LogP contribution in [0.3, 0.4) is 0 Å². The molecule has 1 aromatic carbocycles. The standard InChI is InChI=1S/C10H11N5O2/c1-6(11)9-12-13-14-15(9)8-4-2-7(3-5-8)10(16)17/h2-6H,11H2,1H3,(H,16,17). The third-order valence-corrected chi connectivity index (χ3v) is 2.26. The van der Waals surface area contributed by atoms with Crippen molar-refractivity contribution in [1.82, 2.24) is 20.2 Å². The first kappa shape index (κ1) is 11.2. The summed E-state index contributed by atoms with van der Waals surface area (Å²) in [5.74, 6) is -0.450. The Hall–Kier alpha value is -2.28. The number of benzene rings is 1. The van der Waals surface area contributed by atoms with Gasteiger partial charge in [-0.15, -0.1) is 5.10 Å². The second kappa shape index (κ2) is 4.30. The first-order valence-corrected chi connectivity index (χ1v) is 4.97. The van der Waals surface area contributed by atoms with Crippen molar-refractivity contribution in [1.29, 1.82) is 0 Å². The van der Waals surface area contributed by atoms with Gasteiger partial charge >= 0.3 is 5.97 Å². The van der Waals surface area contributed by atoms with Crippen molar-refractivity contribution < 1.29 is 9.90 Å². The molecule has 1 aromatic heterocycles. The van der Waals surface area contributed by atoms with Crippen LogP contribution in [0.4, 0.5) is 0 Å². The zero-order chi connectivity index (χ0) is 12.4. The fraction of sp³-hybridized carbons (Fsp3) is 0.200. The smallest absolute Gasteiger partial charge is 0.335 e. The third kappa shape index (κ3) is 2.13. The van der Waals surface area contributed by atoms with Gasteiger partial charge in [0, 0.05) is 0 Å². The van der Waals surface area contributed by atoms with Crippen molar-refractivity contribution in [3.63, 3.8) is 0 Å². The van der Waals surface area contributed by atoms with Crippen LogP contribution in [0.2, 0.25) is 0 Å². The first-order valence-electron chi connectivity index (χ1n) is 4.97. The molecular formula is C10H11N5O2. The van der Waals surface area contributed by atoms with E-state index >= 15 is 0 Å². The molecule has 2 rings (SSSR count). The van der Waals surface area contributed by atoms with Crippen LogP contribution in [0.5, 0.6) is 0 Å². The molecule has 88 valence electrons. The Morgan fingerprint density at radius 3 is 2.59 bits per heavy atom. The molecule has 0 radical (unpaired) electrons. The number of carboxylic acids is 1. The van der Waals surface area contributed by atoms with Crippen molar-refractivity contribution in [3.8, 4) is 5.69 Å². The zero-order valence-electron chi connectivity index (χ0n) is 9.11. The van der Waals surface area contributed by atoms with Crippen LogP contribution in [0.25, 0.3) is 5.69 Å². The Labute approximate surface area is 96.9 Å². The quantitative estimate of drug-likeness (QED) is 0.793. The molecular weight excluding hydrogens is 222 g/mol. The molecule has 0 saturated carbocycles. The van der Waals surface area contributed by atoms with E-state index in [2.05, 4.69) is 15.5 Å². The fourth-order valence-corrected chi connectivity index (χ4v) is 1.41. The Morgan fingerprint density at radius 2 is 2.06 bits per heavy atom. The second-order valence-corrected chi connectivity index (χ2v) is 3.59. The van der Waals surface area contributed by atoms with Crippen molar-refractivity contribution in [2.45, 2.75) is 13.0 Å². The Balaban J connectivity index is 2.40. The van der Waals surface area contributed by atoms with Crippen molar-refractivity contribution in [3.05, 3.63) is 35.7 Å². The summed E-state index contributed by atoms with van der Waals surface area (Å²) >= 11 is 0. The van der Waals surface area contributed by atoms with E-state index in [1.165, 1.54) is 16.8 Å². The molecule has 0 bridgehead atoms. The van der Waals surface area contributed by atoms with E-state index < -0.39 is 5.97 Å². The summed E-state index contributed by atoms with van der Waals surface area (Å²) in [4.78, 5) is 10.7. The Morgan fingerprint density at radius 1 is 1.41 bits per heavy atom. The van der Waals surface area contributed by atoms with E-state index in [0.717, 1.165) is 0 Å². The highest BCUT2D eigenvalue weighted by atomic mass is 16.4. The zero-order valence-corrected chi connectivity index (χ0v) is 9.11. The summed E-state index contributed by atoms with van der Waals surface area (Å²) in [7, 11) is 0. The SMILES string of the molecule is CC(N)c1nnnn1-c1ccc(C(=O)O)cc1. The van der Waals surface area contributed by atoms with Crippen LogP contribution in [0, 0.1) is 0 Å². The normalized spacial score (nSPS) is 12.4. The van der Waals surface area contributed by atoms with E-state index in [1.807, 2.05) is 0 Å². The topological polar surface area (TPSA) is 107 Å². The highest BCUT2D eigenvalue weighted by molar-refractivity contribution is 5.87. The van der Waals surface area contributed by atoms with E-state index in [-0.39, 0.29) is 11.6 Å². The minimum atomic E-state index is -0.972. The summed E-state index contributed by atoms with van der Waals surface area (Å²) in [6, 6.07) is 5.94. The third-order valence-electron chi connectivity index (χ3n) is 2.26. The predicted molar refractivity (Wildman–Crippen MR) is 58.7 cm³/mol. The Bertz CT molecular complexity index is 532. The lowest BCUT2D eigenvalue weighted by atomic mass is 10.2. The highest BCUT2D eigenvalue weighted by Crippen LogP contribution is 2.13. The summed E-state index contributed by atoms with van der Waals surface area (Å²) < 4.78 is 1.48. The monoisotopic (exact) mass is 233 g/mol. The van der Waals surface area contributed by atoms with Crippen LogP contribution in [0.15, 0.2) is 24.3 Å². The maximum Gasteiger partial charge on any atom is 0.335 e. The average molecular weight is 233 g/mol. The molecule has 0 aliphatic heterocycles. The van der Waals surface area contributed by atoms with Gasteiger partial charge in [0.25, 0.3) is 0 Å². The fourth-order valence-electron chi connectivity index (χ4n) is 1.41. The molecule has 7 nitrogen and oxygen atoms in total. The number of tetrazole rings is 1. The van der Waals surface area contributed by atoms with Gasteiger partial charge in [-0.25, -0.2) is 4.79 Å². The number of hydrogen-bond acceptors (Lipinski definition) is 5. The summed E-state index contributed by atoms with van der Waals surface area (Å²) in [5, 5.41) is 19.9.